The molecule has 0 fully saturated rings. The molecule has 0 bridgehead atoms. The molecule has 2 aromatic carbocycles. The van der Waals surface area contributed by atoms with Gasteiger partial charge >= 0.3 is 6.03 Å². The minimum Gasteiger partial charge on any atom is -0.486 e. The van der Waals surface area contributed by atoms with E-state index in [2.05, 4.69) is 10.6 Å². The van der Waals surface area contributed by atoms with Crippen LogP contribution in [0.3, 0.4) is 0 Å². The topological polar surface area (TPSA) is 81.1 Å². The van der Waals surface area contributed by atoms with Gasteiger partial charge in [-0.1, -0.05) is 30.3 Å². The van der Waals surface area contributed by atoms with Gasteiger partial charge in [-0.15, -0.1) is 0 Å². The van der Waals surface area contributed by atoms with Crippen molar-refractivity contribution in [2.24, 2.45) is 0 Å². The molecule has 0 saturated carbocycles. The summed E-state index contributed by atoms with van der Waals surface area (Å²) in [4.78, 5) is 25.6. The normalized spacial score (nSPS) is 14.6. The Hall–Kier alpha value is -3.06. The molecule has 2 atom stereocenters. The van der Waals surface area contributed by atoms with Crippen LogP contribution in [0.1, 0.15) is 24.1 Å². The van der Waals surface area contributed by atoms with E-state index in [1.165, 1.54) is 0 Å². The number of hydrogen-bond donors (Lipinski definition) is 3. The van der Waals surface area contributed by atoms with Gasteiger partial charge in [0, 0.05) is 17.7 Å². The van der Waals surface area contributed by atoms with Gasteiger partial charge < -0.3 is 19.7 Å². The number of hydrogen-bond acceptors (Lipinski definition) is 4. The standard InChI is InChI=1S/C21H25N3O4/c1-3-22-21(26)23-20(25)19(16-7-5-4-6-8-16)24(2)14-15-9-10-17-18(13-15)28-12-11-27-17/h4-10,13,19H,3,11-12,14H2,1-2H3,(H2,22,23,25,26)/p+1/t19-/m0/s1. The van der Waals surface area contributed by atoms with Crippen LogP contribution in [0.15, 0.2) is 48.5 Å². The lowest BCUT2D eigenvalue weighted by molar-refractivity contribution is -0.916. The van der Waals surface area contributed by atoms with Gasteiger partial charge in [0.05, 0.1) is 7.05 Å². The second-order valence-corrected chi connectivity index (χ2v) is 6.69. The summed E-state index contributed by atoms with van der Waals surface area (Å²) in [6.45, 7) is 3.92. The Labute approximate surface area is 164 Å². The monoisotopic (exact) mass is 384 g/mol. The van der Waals surface area contributed by atoms with E-state index in [-0.39, 0.29) is 5.91 Å². The molecule has 28 heavy (non-hydrogen) atoms. The predicted octanol–water partition coefficient (Wildman–Crippen LogP) is 1.06. The number of likely N-dealkylation sites (N-methyl/N-ethyl adjacent to an activating group) is 1. The number of urea groups is 1. The van der Waals surface area contributed by atoms with Gasteiger partial charge in [-0.2, -0.15) is 0 Å². The van der Waals surface area contributed by atoms with E-state index in [0.29, 0.717) is 26.3 Å². The Morgan fingerprint density at radius 2 is 1.79 bits per heavy atom. The average molecular weight is 384 g/mol. The highest BCUT2D eigenvalue weighted by Gasteiger charge is 2.30. The minimum atomic E-state index is -0.531. The highest BCUT2D eigenvalue weighted by atomic mass is 16.6. The van der Waals surface area contributed by atoms with Gasteiger partial charge in [0.1, 0.15) is 19.8 Å². The summed E-state index contributed by atoms with van der Waals surface area (Å²) in [6, 6.07) is 14.3. The first-order valence-corrected chi connectivity index (χ1v) is 9.43. The maximum atomic E-state index is 12.9. The lowest BCUT2D eigenvalue weighted by Gasteiger charge is -2.25. The number of imide groups is 1. The Balaban J connectivity index is 1.79. The van der Waals surface area contributed by atoms with Crippen molar-refractivity contribution in [3.63, 3.8) is 0 Å². The minimum absolute atomic E-state index is 0.341. The number of nitrogens with one attached hydrogen (secondary N) is 3. The van der Waals surface area contributed by atoms with Crippen LogP contribution in [0.2, 0.25) is 0 Å². The molecule has 1 aliphatic heterocycles. The van der Waals surface area contributed by atoms with Crippen molar-refractivity contribution >= 4 is 11.9 Å². The molecule has 1 heterocycles. The summed E-state index contributed by atoms with van der Waals surface area (Å²) < 4.78 is 11.2. The van der Waals surface area contributed by atoms with E-state index < -0.39 is 12.1 Å². The third-order valence-corrected chi connectivity index (χ3v) is 4.55. The van der Waals surface area contributed by atoms with Crippen LogP contribution >= 0.6 is 0 Å². The largest absolute Gasteiger partial charge is 0.486 e. The molecule has 1 aliphatic rings. The summed E-state index contributed by atoms with van der Waals surface area (Å²) in [5, 5.41) is 5.04. The number of benzene rings is 2. The van der Waals surface area contributed by atoms with E-state index in [9.17, 15) is 9.59 Å². The molecule has 148 valence electrons. The molecule has 1 unspecified atom stereocenters. The molecule has 0 aliphatic carbocycles. The zero-order chi connectivity index (χ0) is 19.9. The SMILES string of the molecule is CCNC(=O)NC(=O)[C@H](c1ccccc1)[NH+](C)Cc1ccc2c(c1)OCCO2. The van der Waals surface area contributed by atoms with Crippen molar-refractivity contribution in [3.05, 3.63) is 59.7 Å². The summed E-state index contributed by atoms with van der Waals surface area (Å²) in [7, 11) is 1.94. The second kappa shape index (κ2) is 9.23. The third-order valence-electron chi connectivity index (χ3n) is 4.55. The van der Waals surface area contributed by atoms with Crippen molar-refractivity contribution < 1.29 is 24.0 Å². The zero-order valence-corrected chi connectivity index (χ0v) is 16.2. The highest BCUT2D eigenvalue weighted by Crippen LogP contribution is 2.30. The van der Waals surface area contributed by atoms with Gasteiger partial charge in [0.2, 0.25) is 0 Å². The van der Waals surface area contributed by atoms with Crippen LogP contribution < -0.4 is 25.0 Å². The first-order valence-electron chi connectivity index (χ1n) is 9.43. The van der Waals surface area contributed by atoms with E-state index in [0.717, 1.165) is 27.5 Å². The van der Waals surface area contributed by atoms with E-state index >= 15 is 0 Å². The first-order chi connectivity index (χ1) is 13.6. The molecule has 3 N–H and O–H groups in total. The van der Waals surface area contributed by atoms with Crippen molar-refractivity contribution in [3.8, 4) is 11.5 Å². The Bertz CT molecular complexity index is 826. The van der Waals surface area contributed by atoms with Crippen molar-refractivity contribution in [1.29, 1.82) is 0 Å². The average Bonchev–Trinajstić information content (AvgIpc) is 2.69. The molecule has 0 saturated heterocycles. The third kappa shape index (κ3) is 4.80. The molecule has 0 spiro atoms. The molecule has 7 nitrogen and oxygen atoms in total. The number of ether oxygens (including phenoxy) is 2. The predicted molar refractivity (Wildman–Crippen MR) is 104 cm³/mol. The zero-order valence-electron chi connectivity index (χ0n) is 16.2. The van der Waals surface area contributed by atoms with Crippen molar-refractivity contribution in [1.82, 2.24) is 10.6 Å². The fourth-order valence-corrected chi connectivity index (χ4v) is 3.32. The lowest BCUT2D eigenvalue weighted by atomic mass is 10.0. The molecule has 0 radical (unpaired) electrons. The molecular formula is C21H26N3O4+. The fraction of sp³-hybridized carbons (Fsp3) is 0.333. The molecule has 7 heteroatoms. The van der Waals surface area contributed by atoms with E-state index in [4.69, 9.17) is 9.47 Å². The van der Waals surface area contributed by atoms with Gasteiger partial charge in [-0.25, -0.2) is 4.79 Å². The van der Waals surface area contributed by atoms with Crippen molar-refractivity contribution in [2.45, 2.75) is 19.5 Å². The number of rotatable bonds is 6. The van der Waals surface area contributed by atoms with Crippen LogP contribution in [0, 0.1) is 0 Å². The molecule has 3 amide bonds. The fourth-order valence-electron chi connectivity index (χ4n) is 3.32. The number of fused-ring (bicyclic) bond motifs is 1. The highest BCUT2D eigenvalue weighted by molar-refractivity contribution is 5.96. The van der Waals surface area contributed by atoms with Crippen LogP contribution in [0.4, 0.5) is 4.79 Å². The Morgan fingerprint density at radius 1 is 1.07 bits per heavy atom. The van der Waals surface area contributed by atoms with Crippen LogP contribution in [0.25, 0.3) is 0 Å². The quantitative estimate of drug-likeness (QED) is 0.696. The van der Waals surface area contributed by atoms with Crippen LogP contribution in [-0.2, 0) is 11.3 Å². The summed E-state index contributed by atoms with van der Waals surface area (Å²) in [6.07, 6.45) is 0. The van der Waals surface area contributed by atoms with Crippen LogP contribution in [-0.4, -0.2) is 38.7 Å². The summed E-state index contributed by atoms with van der Waals surface area (Å²) in [5.41, 5.74) is 1.87. The number of carbonyl (C=O) groups is 2. The number of carbonyl (C=O) groups excluding carboxylic acids is 2. The Morgan fingerprint density at radius 3 is 2.50 bits per heavy atom. The van der Waals surface area contributed by atoms with Gasteiger partial charge in [0.25, 0.3) is 5.91 Å². The van der Waals surface area contributed by atoms with Gasteiger partial charge in [-0.3, -0.25) is 10.1 Å². The molecule has 0 aromatic heterocycles. The summed E-state index contributed by atoms with van der Waals surface area (Å²) >= 11 is 0. The maximum Gasteiger partial charge on any atom is 0.321 e. The van der Waals surface area contributed by atoms with E-state index in [1.807, 2.05) is 55.6 Å². The lowest BCUT2D eigenvalue weighted by Crippen LogP contribution is -3.09. The molecule has 2 aromatic rings. The molecular weight excluding hydrogens is 358 g/mol. The maximum absolute atomic E-state index is 12.9. The van der Waals surface area contributed by atoms with Gasteiger partial charge in [0.15, 0.2) is 17.5 Å². The number of amides is 3. The smallest absolute Gasteiger partial charge is 0.321 e. The molecule has 3 rings (SSSR count). The van der Waals surface area contributed by atoms with Crippen LogP contribution in [0.5, 0.6) is 11.5 Å². The summed E-state index contributed by atoms with van der Waals surface area (Å²) in [5.74, 6) is 1.12. The Kier molecular flexibility index (Phi) is 6.49. The van der Waals surface area contributed by atoms with Gasteiger partial charge in [-0.05, 0) is 25.1 Å². The van der Waals surface area contributed by atoms with Crippen molar-refractivity contribution in [2.75, 3.05) is 26.8 Å². The number of quaternary nitrogens is 1. The second-order valence-electron chi connectivity index (χ2n) is 6.69. The van der Waals surface area contributed by atoms with E-state index in [1.54, 1.807) is 6.92 Å². The first kappa shape index (κ1) is 19.7.